The molecule has 0 aliphatic heterocycles. The summed E-state index contributed by atoms with van der Waals surface area (Å²) in [5.74, 6) is -0.614. The molecule has 2 aromatic carbocycles. The van der Waals surface area contributed by atoms with Gasteiger partial charge < -0.3 is 5.32 Å². The maximum Gasteiger partial charge on any atom is 0.211 e. The number of aliphatic imine (C=N–C) groups is 1. The molecule has 4 nitrogen and oxygen atoms in total. The summed E-state index contributed by atoms with van der Waals surface area (Å²) in [6.45, 7) is 7.47. The van der Waals surface area contributed by atoms with Crippen molar-refractivity contribution in [3.8, 4) is 11.1 Å². The van der Waals surface area contributed by atoms with Crippen molar-refractivity contribution in [2.45, 2.75) is 20.3 Å². The number of hydrogen-bond donors (Lipinski definition) is 1. The minimum absolute atomic E-state index is 0.124. The minimum Gasteiger partial charge on any atom is -0.352 e. The van der Waals surface area contributed by atoms with Gasteiger partial charge in [-0.15, -0.1) is 0 Å². The zero-order valence-electron chi connectivity index (χ0n) is 16.0. The zero-order chi connectivity index (χ0) is 20.1. The predicted molar refractivity (Wildman–Crippen MR) is 114 cm³/mol. The number of ketones is 2. The van der Waals surface area contributed by atoms with E-state index in [2.05, 4.69) is 48.1 Å². The van der Waals surface area contributed by atoms with Gasteiger partial charge in [0.05, 0.1) is 11.3 Å². The molecular weight excluding hydrogens is 348 g/mol. The molecule has 0 heterocycles. The number of benzene rings is 2. The molecule has 0 amide bonds. The maximum atomic E-state index is 12.7. The number of rotatable bonds is 6. The van der Waals surface area contributed by atoms with Crippen LogP contribution in [0.5, 0.6) is 0 Å². The number of hydrogen-bond acceptors (Lipinski definition) is 4. The molecule has 0 unspecified atom stereocenters. The van der Waals surface area contributed by atoms with E-state index in [0.29, 0.717) is 0 Å². The largest absolute Gasteiger partial charge is 0.352 e. The van der Waals surface area contributed by atoms with Crippen molar-refractivity contribution in [2.24, 2.45) is 4.99 Å². The van der Waals surface area contributed by atoms with Crippen molar-refractivity contribution >= 4 is 23.5 Å². The molecule has 4 heteroatoms. The first-order valence-corrected chi connectivity index (χ1v) is 9.20. The van der Waals surface area contributed by atoms with Crippen LogP contribution in [0.1, 0.15) is 19.4 Å². The van der Waals surface area contributed by atoms with E-state index in [-0.39, 0.29) is 28.5 Å². The lowest BCUT2D eigenvalue weighted by Gasteiger charge is -2.16. The lowest BCUT2D eigenvalue weighted by Crippen LogP contribution is -2.22. The van der Waals surface area contributed by atoms with Crippen LogP contribution in [0.15, 0.2) is 89.2 Å². The number of carbonyl (C=O) groups is 2. The Morgan fingerprint density at radius 1 is 1.00 bits per heavy atom. The van der Waals surface area contributed by atoms with Crippen molar-refractivity contribution in [1.82, 2.24) is 0 Å². The van der Waals surface area contributed by atoms with Gasteiger partial charge in [-0.05, 0) is 42.2 Å². The third-order valence-electron chi connectivity index (χ3n) is 4.57. The molecule has 0 aromatic heterocycles. The highest BCUT2D eigenvalue weighted by molar-refractivity contribution is 6.25. The summed E-state index contributed by atoms with van der Waals surface area (Å²) in [5.41, 5.74) is 4.79. The highest BCUT2D eigenvalue weighted by Gasteiger charge is 2.26. The summed E-state index contributed by atoms with van der Waals surface area (Å²) < 4.78 is 0. The van der Waals surface area contributed by atoms with Gasteiger partial charge in [0.1, 0.15) is 5.70 Å². The fraction of sp³-hybridized carbons (Fsp3) is 0.125. The van der Waals surface area contributed by atoms with Crippen LogP contribution in [-0.2, 0) is 16.0 Å². The van der Waals surface area contributed by atoms with Gasteiger partial charge in [-0.3, -0.25) is 14.6 Å². The Kier molecular flexibility index (Phi) is 5.80. The van der Waals surface area contributed by atoms with E-state index in [1.807, 2.05) is 24.3 Å². The van der Waals surface area contributed by atoms with E-state index in [4.69, 9.17) is 0 Å². The van der Waals surface area contributed by atoms with Crippen molar-refractivity contribution in [1.29, 1.82) is 0 Å². The number of Topliss-reactive ketones (excluding diaryl/α,β-unsaturated/α-hetero) is 1. The van der Waals surface area contributed by atoms with Gasteiger partial charge in [-0.1, -0.05) is 56.0 Å². The van der Waals surface area contributed by atoms with Crippen LogP contribution < -0.4 is 5.32 Å². The standard InChI is InChI=1S/C24H22N2O2/c1-4-16-7-9-17(10-8-16)18-11-13-19(14-12-18)26-21-15-22(27)23(25-6-3)20(5-2)24(21)28/h5-15,26H,2,4H2,1,3H3. The molecule has 1 aliphatic carbocycles. The van der Waals surface area contributed by atoms with Crippen LogP contribution in [-0.4, -0.2) is 17.8 Å². The first-order valence-electron chi connectivity index (χ1n) is 9.20. The van der Waals surface area contributed by atoms with Crippen LogP contribution in [0, 0.1) is 0 Å². The fourth-order valence-corrected chi connectivity index (χ4v) is 3.03. The monoisotopic (exact) mass is 370 g/mol. The molecule has 0 spiro atoms. The van der Waals surface area contributed by atoms with E-state index >= 15 is 0 Å². The van der Waals surface area contributed by atoms with Crippen molar-refractivity contribution in [2.75, 3.05) is 5.32 Å². The van der Waals surface area contributed by atoms with Crippen molar-refractivity contribution in [3.05, 3.63) is 89.8 Å². The van der Waals surface area contributed by atoms with Gasteiger partial charge in [-0.25, -0.2) is 0 Å². The van der Waals surface area contributed by atoms with Gasteiger partial charge in [0, 0.05) is 18.0 Å². The molecule has 1 aliphatic rings. The summed E-state index contributed by atoms with van der Waals surface area (Å²) in [5, 5.41) is 3.04. The fourth-order valence-electron chi connectivity index (χ4n) is 3.03. The second-order valence-electron chi connectivity index (χ2n) is 6.36. The van der Waals surface area contributed by atoms with Crippen LogP contribution in [0.2, 0.25) is 0 Å². The van der Waals surface area contributed by atoms with Crippen LogP contribution in [0.3, 0.4) is 0 Å². The molecule has 0 bridgehead atoms. The number of allylic oxidation sites excluding steroid dienone is 3. The first kappa shape index (κ1) is 19.2. The van der Waals surface area contributed by atoms with E-state index in [9.17, 15) is 9.59 Å². The zero-order valence-corrected chi connectivity index (χ0v) is 16.0. The third-order valence-corrected chi connectivity index (χ3v) is 4.57. The maximum absolute atomic E-state index is 12.7. The molecule has 0 saturated carbocycles. The number of aryl methyl sites for hydroxylation is 1. The Hall–Kier alpha value is -3.53. The molecule has 0 saturated heterocycles. The van der Waals surface area contributed by atoms with Gasteiger partial charge in [-0.2, -0.15) is 0 Å². The van der Waals surface area contributed by atoms with Crippen LogP contribution >= 0.6 is 0 Å². The number of nitrogens with zero attached hydrogens (tertiary/aromatic N) is 1. The van der Waals surface area contributed by atoms with Crippen LogP contribution in [0.25, 0.3) is 11.1 Å². The second kappa shape index (κ2) is 8.44. The lowest BCUT2D eigenvalue weighted by molar-refractivity contribution is -0.115. The summed E-state index contributed by atoms with van der Waals surface area (Å²) in [7, 11) is 0. The molecule has 140 valence electrons. The van der Waals surface area contributed by atoms with E-state index in [1.54, 1.807) is 6.92 Å². The Morgan fingerprint density at radius 3 is 2.14 bits per heavy atom. The Morgan fingerprint density at radius 2 is 1.61 bits per heavy atom. The van der Waals surface area contributed by atoms with Crippen LogP contribution in [0.4, 0.5) is 5.69 Å². The summed E-state index contributed by atoms with van der Waals surface area (Å²) in [6.07, 6.45) is 5.16. The summed E-state index contributed by atoms with van der Waals surface area (Å²) >= 11 is 0. The highest BCUT2D eigenvalue weighted by Crippen LogP contribution is 2.25. The number of nitrogens with one attached hydrogen (secondary N) is 1. The summed E-state index contributed by atoms with van der Waals surface area (Å²) in [6, 6.07) is 16.2. The quantitative estimate of drug-likeness (QED) is 0.581. The molecule has 0 atom stereocenters. The second-order valence-corrected chi connectivity index (χ2v) is 6.36. The number of anilines is 1. The van der Waals surface area contributed by atoms with Gasteiger partial charge in [0.25, 0.3) is 0 Å². The Labute approximate surface area is 165 Å². The smallest absolute Gasteiger partial charge is 0.211 e. The molecule has 0 radical (unpaired) electrons. The van der Waals surface area contributed by atoms with Gasteiger partial charge >= 0.3 is 0 Å². The summed E-state index contributed by atoms with van der Waals surface area (Å²) in [4.78, 5) is 29.0. The molecule has 2 aromatic rings. The van der Waals surface area contributed by atoms with Gasteiger partial charge in [0.15, 0.2) is 0 Å². The molecule has 1 N–H and O–H groups in total. The SMILES string of the molecule is C=CC1=C(N=CC)C(=O)C=C(Nc2ccc(-c3ccc(CC)cc3)cc2)C1=O. The molecular formula is C24H22N2O2. The Balaban J connectivity index is 1.80. The normalized spacial score (nSPS) is 14.4. The van der Waals surface area contributed by atoms with Crippen molar-refractivity contribution < 1.29 is 9.59 Å². The Bertz CT molecular complexity index is 1010. The van der Waals surface area contributed by atoms with E-state index < -0.39 is 0 Å². The first-order chi connectivity index (χ1) is 13.6. The predicted octanol–water partition coefficient (Wildman–Crippen LogP) is 4.89. The van der Waals surface area contributed by atoms with E-state index in [0.717, 1.165) is 23.2 Å². The average Bonchev–Trinajstić information content (AvgIpc) is 2.72. The van der Waals surface area contributed by atoms with Gasteiger partial charge in [0.2, 0.25) is 11.6 Å². The topological polar surface area (TPSA) is 58.5 Å². The lowest BCUT2D eigenvalue weighted by atomic mass is 9.97. The minimum atomic E-state index is -0.317. The third kappa shape index (κ3) is 3.91. The average molecular weight is 370 g/mol. The molecule has 3 rings (SSSR count). The number of carbonyl (C=O) groups excluding carboxylic acids is 2. The van der Waals surface area contributed by atoms with Crippen molar-refractivity contribution in [3.63, 3.8) is 0 Å². The highest BCUT2D eigenvalue weighted by atomic mass is 16.1. The molecule has 28 heavy (non-hydrogen) atoms. The van der Waals surface area contributed by atoms with E-state index in [1.165, 1.54) is 23.9 Å². The molecule has 0 fully saturated rings.